The molecule has 20 heavy (non-hydrogen) atoms. The summed E-state index contributed by atoms with van der Waals surface area (Å²) < 4.78 is 15.6. The monoisotopic (exact) mass is 275 g/mol. The zero-order valence-electron chi connectivity index (χ0n) is 12.4. The summed E-state index contributed by atoms with van der Waals surface area (Å²) in [5, 5.41) is 7.81. The Hall–Kier alpha value is -1.68. The summed E-state index contributed by atoms with van der Waals surface area (Å²) in [6.45, 7) is 8.10. The Labute approximate surface area is 119 Å². The van der Waals surface area contributed by atoms with E-state index in [-0.39, 0.29) is 5.82 Å². The van der Waals surface area contributed by atoms with E-state index >= 15 is 0 Å². The number of nitrogens with one attached hydrogen (secondary N) is 1. The van der Waals surface area contributed by atoms with Crippen LogP contribution in [0.4, 0.5) is 4.39 Å². The van der Waals surface area contributed by atoms with E-state index in [4.69, 9.17) is 0 Å². The quantitative estimate of drug-likeness (QED) is 0.821. The molecule has 2 rings (SSSR count). The van der Waals surface area contributed by atoms with Crippen molar-refractivity contribution >= 4 is 0 Å². The molecule has 0 atom stereocenters. The van der Waals surface area contributed by atoms with Crippen LogP contribution in [-0.2, 0) is 6.42 Å². The number of hydrogen-bond donors (Lipinski definition) is 1. The normalized spacial score (nSPS) is 11.0. The van der Waals surface area contributed by atoms with Gasteiger partial charge in [0.2, 0.25) is 0 Å². The van der Waals surface area contributed by atoms with Crippen LogP contribution in [0.15, 0.2) is 24.3 Å². The minimum atomic E-state index is -0.239. The first kappa shape index (κ1) is 14.7. The summed E-state index contributed by atoms with van der Waals surface area (Å²) in [5.74, 6) is -0.239. The van der Waals surface area contributed by atoms with E-state index in [1.165, 1.54) is 11.6 Å². The summed E-state index contributed by atoms with van der Waals surface area (Å²) in [6.07, 6.45) is 2.04. The van der Waals surface area contributed by atoms with Gasteiger partial charge in [0.05, 0.1) is 5.69 Å². The highest BCUT2D eigenvalue weighted by Gasteiger charge is 2.14. The molecule has 1 heterocycles. The molecule has 0 saturated heterocycles. The average Bonchev–Trinajstić information content (AvgIpc) is 2.71. The predicted molar refractivity (Wildman–Crippen MR) is 79.9 cm³/mol. The van der Waals surface area contributed by atoms with Crippen molar-refractivity contribution in [1.29, 1.82) is 0 Å². The van der Waals surface area contributed by atoms with Crippen LogP contribution >= 0.6 is 0 Å². The molecule has 0 fully saturated rings. The van der Waals surface area contributed by atoms with Gasteiger partial charge in [-0.25, -0.2) is 9.07 Å². The Morgan fingerprint density at radius 1 is 1.25 bits per heavy atom. The lowest BCUT2D eigenvalue weighted by atomic mass is 10.1. The van der Waals surface area contributed by atoms with Gasteiger partial charge in [-0.3, -0.25) is 0 Å². The molecular weight excluding hydrogens is 253 g/mol. The van der Waals surface area contributed by atoms with Crippen molar-refractivity contribution in [3.63, 3.8) is 0 Å². The fourth-order valence-electron chi connectivity index (χ4n) is 2.46. The van der Waals surface area contributed by atoms with Crippen molar-refractivity contribution in [2.24, 2.45) is 0 Å². The van der Waals surface area contributed by atoms with Gasteiger partial charge in [0.1, 0.15) is 11.5 Å². The second-order valence-corrected chi connectivity index (χ2v) is 4.97. The number of para-hydroxylation sites is 1. The molecular formula is C16H22FN3. The maximum atomic E-state index is 13.9. The standard InChI is InChI=1S/C16H22FN3/c1-4-18-11-7-8-14-12(2)19-20(13(14)3)16-10-6-5-9-15(16)17/h5-6,9-10,18H,4,7-8,11H2,1-3H3. The Bertz CT molecular complexity index is 575. The minimum absolute atomic E-state index is 0.239. The zero-order valence-corrected chi connectivity index (χ0v) is 12.4. The van der Waals surface area contributed by atoms with Gasteiger partial charge in [-0.1, -0.05) is 19.1 Å². The van der Waals surface area contributed by atoms with Crippen LogP contribution in [0.5, 0.6) is 0 Å². The molecule has 1 aromatic carbocycles. The van der Waals surface area contributed by atoms with Crippen LogP contribution in [0.1, 0.15) is 30.3 Å². The van der Waals surface area contributed by atoms with Crippen LogP contribution in [0.3, 0.4) is 0 Å². The molecule has 2 aromatic rings. The molecule has 0 amide bonds. The molecule has 1 aromatic heterocycles. The SMILES string of the molecule is CCNCCCc1c(C)nn(-c2ccccc2F)c1C. The lowest BCUT2D eigenvalue weighted by Gasteiger charge is -2.06. The second-order valence-electron chi connectivity index (χ2n) is 4.97. The predicted octanol–water partition coefficient (Wildman–Crippen LogP) is 3.17. The Kier molecular flexibility index (Phi) is 4.90. The maximum Gasteiger partial charge on any atom is 0.148 e. The molecule has 108 valence electrons. The molecule has 0 aliphatic heterocycles. The molecule has 3 nitrogen and oxygen atoms in total. The number of rotatable bonds is 6. The van der Waals surface area contributed by atoms with Gasteiger partial charge < -0.3 is 5.32 Å². The molecule has 0 radical (unpaired) electrons. The highest BCUT2D eigenvalue weighted by Crippen LogP contribution is 2.20. The van der Waals surface area contributed by atoms with E-state index in [2.05, 4.69) is 17.3 Å². The fourth-order valence-corrected chi connectivity index (χ4v) is 2.46. The van der Waals surface area contributed by atoms with Gasteiger partial charge in [0.25, 0.3) is 0 Å². The van der Waals surface area contributed by atoms with Gasteiger partial charge in [0.15, 0.2) is 0 Å². The smallest absolute Gasteiger partial charge is 0.148 e. The number of nitrogens with zero attached hydrogens (tertiary/aromatic N) is 2. The largest absolute Gasteiger partial charge is 0.317 e. The van der Waals surface area contributed by atoms with Crippen molar-refractivity contribution in [2.45, 2.75) is 33.6 Å². The van der Waals surface area contributed by atoms with Crippen LogP contribution in [0.2, 0.25) is 0 Å². The summed E-state index contributed by atoms with van der Waals surface area (Å²) in [6, 6.07) is 6.76. The number of aromatic nitrogens is 2. The van der Waals surface area contributed by atoms with E-state index in [1.807, 2.05) is 19.9 Å². The first-order valence-corrected chi connectivity index (χ1v) is 7.15. The third-order valence-corrected chi connectivity index (χ3v) is 3.55. The maximum absolute atomic E-state index is 13.9. The Morgan fingerprint density at radius 2 is 2.00 bits per heavy atom. The Morgan fingerprint density at radius 3 is 2.70 bits per heavy atom. The third-order valence-electron chi connectivity index (χ3n) is 3.55. The minimum Gasteiger partial charge on any atom is -0.317 e. The van der Waals surface area contributed by atoms with Gasteiger partial charge >= 0.3 is 0 Å². The Balaban J connectivity index is 2.23. The number of hydrogen-bond acceptors (Lipinski definition) is 2. The summed E-state index contributed by atoms with van der Waals surface area (Å²) in [7, 11) is 0. The average molecular weight is 275 g/mol. The van der Waals surface area contributed by atoms with E-state index in [0.717, 1.165) is 37.3 Å². The van der Waals surface area contributed by atoms with Gasteiger partial charge in [-0.05, 0) is 57.5 Å². The van der Waals surface area contributed by atoms with E-state index in [9.17, 15) is 4.39 Å². The van der Waals surface area contributed by atoms with E-state index in [1.54, 1.807) is 16.8 Å². The lowest BCUT2D eigenvalue weighted by molar-refractivity contribution is 0.608. The van der Waals surface area contributed by atoms with E-state index in [0.29, 0.717) is 5.69 Å². The molecule has 0 saturated carbocycles. The van der Waals surface area contributed by atoms with Crippen molar-refractivity contribution < 1.29 is 4.39 Å². The van der Waals surface area contributed by atoms with Crippen molar-refractivity contribution in [2.75, 3.05) is 13.1 Å². The van der Waals surface area contributed by atoms with E-state index < -0.39 is 0 Å². The lowest BCUT2D eigenvalue weighted by Crippen LogP contribution is -2.14. The topological polar surface area (TPSA) is 29.9 Å². The molecule has 0 spiro atoms. The second kappa shape index (κ2) is 6.66. The number of benzene rings is 1. The van der Waals surface area contributed by atoms with Crippen molar-refractivity contribution in [3.05, 3.63) is 47.0 Å². The van der Waals surface area contributed by atoms with Crippen LogP contribution in [0.25, 0.3) is 5.69 Å². The van der Waals surface area contributed by atoms with Crippen molar-refractivity contribution in [1.82, 2.24) is 15.1 Å². The molecule has 0 unspecified atom stereocenters. The molecule has 0 aliphatic rings. The number of aryl methyl sites for hydroxylation is 1. The molecule has 0 aliphatic carbocycles. The van der Waals surface area contributed by atoms with Crippen molar-refractivity contribution in [3.8, 4) is 5.69 Å². The summed E-state index contributed by atoms with van der Waals surface area (Å²) >= 11 is 0. The van der Waals surface area contributed by atoms with Crippen LogP contribution in [-0.4, -0.2) is 22.9 Å². The molecule has 4 heteroatoms. The highest BCUT2D eigenvalue weighted by atomic mass is 19.1. The van der Waals surface area contributed by atoms with Crippen LogP contribution in [0, 0.1) is 19.7 Å². The van der Waals surface area contributed by atoms with Gasteiger partial charge in [-0.15, -0.1) is 0 Å². The van der Waals surface area contributed by atoms with Crippen LogP contribution < -0.4 is 5.32 Å². The first-order valence-electron chi connectivity index (χ1n) is 7.15. The molecule has 1 N–H and O–H groups in total. The summed E-state index contributed by atoms with van der Waals surface area (Å²) in [5.41, 5.74) is 3.77. The van der Waals surface area contributed by atoms with Gasteiger partial charge in [0, 0.05) is 5.69 Å². The fraction of sp³-hybridized carbons (Fsp3) is 0.438. The first-order chi connectivity index (χ1) is 9.65. The zero-order chi connectivity index (χ0) is 14.5. The van der Waals surface area contributed by atoms with Gasteiger partial charge in [-0.2, -0.15) is 5.10 Å². The highest BCUT2D eigenvalue weighted by molar-refractivity contribution is 5.38. The molecule has 0 bridgehead atoms. The summed E-state index contributed by atoms with van der Waals surface area (Å²) in [4.78, 5) is 0. The number of halogens is 1. The third kappa shape index (κ3) is 3.07.